The molecule has 9 nitrogen and oxygen atoms in total. The van der Waals surface area contributed by atoms with Crippen LogP contribution in [0.1, 0.15) is 23.7 Å². The van der Waals surface area contributed by atoms with Crippen LogP contribution in [0.2, 0.25) is 5.02 Å². The number of carbonyl (C=O) groups is 2. The number of H-pyrrole nitrogens is 1. The van der Waals surface area contributed by atoms with Crippen molar-refractivity contribution in [3.63, 3.8) is 0 Å². The molecule has 1 aliphatic heterocycles. The Balaban J connectivity index is 1.32. The molecule has 2 fully saturated rings. The van der Waals surface area contributed by atoms with Crippen LogP contribution in [-0.4, -0.2) is 55.0 Å². The summed E-state index contributed by atoms with van der Waals surface area (Å²) in [6.07, 6.45) is -0.833. The highest BCUT2D eigenvalue weighted by Gasteiger charge is 2.57. The molecule has 1 saturated heterocycles. The first-order valence-corrected chi connectivity index (χ1v) is 10.8. The standard InChI is InChI=1S/C22H20ClFN6O3/c23-13-5-6-14(20-26-28-29-27-20)11(7-13)9-25-21(32)18-16-8-12(16)10-30(18)22(33)19(31)15-3-1-2-4-17(15)24/h1-7,12,16,18-19,31H,8-10H2,(H,25,32)(H,26,27,28,29)/t12-,16-,18-,19?/m0/s1. The molecule has 11 heteroatoms. The number of nitrogens with one attached hydrogen (secondary N) is 2. The number of halogens is 2. The predicted molar refractivity (Wildman–Crippen MR) is 115 cm³/mol. The van der Waals surface area contributed by atoms with Gasteiger partial charge in [0.05, 0.1) is 0 Å². The summed E-state index contributed by atoms with van der Waals surface area (Å²) in [5.74, 6) is -1.09. The number of tetrazole rings is 1. The number of hydrogen-bond acceptors (Lipinski definition) is 6. The number of aromatic amines is 1. The highest BCUT2D eigenvalue weighted by atomic mass is 35.5. The van der Waals surface area contributed by atoms with Crippen molar-refractivity contribution in [2.75, 3.05) is 6.54 Å². The molecule has 5 rings (SSSR count). The van der Waals surface area contributed by atoms with Crippen molar-refractivity contribution in [1.82, 2.24) is 30.8 Å². The van der Waals surface area contributed by atoms with Crippen LogP contribution < -0.4 is 5.32 Å². The van der Waals surface area contributed by atoms with Crippen molar-refractivity contribution in [3.8, 4) is 11.4 Å². The highest BCUT2D eigenvalue weighted by molar-refractivity contribution is 6.30. The Labute approximate surface area is 192 Å². The molecule has 33 heavy (non-hydrogen) atoms. The predicted octanol–water partition coefficient (Wildman–Crippen LogP) is 1.86. The molecule has 0 spiro atoms. The van der Waals surface area contributed by atoms with Gasteiger partial charge < -0.3 is 15.3 Å². The second kappa shape index (κ2) is 8.53. The van der Waals surface area contributed by atoms with Crippen LogP contribution in [0.3, 0.4) is 0 Å². The maximum atomic E-state index is 14.1. The number of aromatic nitrogens is 4. The van der Waals surface area contributed by atoms with Crippen molar-refractivity contribution < 1.29 is 19.1 Å². The van der Waals surface area contributed by atoms with E-state index in [1.54, 1.807) is 24.3 Å². The zero-order valence-corrected chi connectivity index (χ0v) is 18.0. The van der Waals surface area contributed by atoms with E-state index in [4.69, 9.17) is 11.6 Å². The monoisotopic (exact) mass is 470 g/mol. The fourth-order valence-corrected chi connectivity index (χ4v) is 4.70. The molecule has 1 saturated carbocycles. The van der Waals surface area contributed by atoms with Gasteiger partial charge in [0, 0.05) is 29.2 Å². The van der Waals surface area contributed by atoms with Crippen molar-refractivity contribution in [1.29, 1.82) is 0 Å². The normalized spacial score (nSPS) is 22.0. The molecular weight excluding hydrogens is 451 g/mol. The molecule has 3 N–H and O–H groups in total. The van der Waals surface area contributed by atoms with Crippen molar-refractivity contribution in [2.24, 2.45) is 11.8 Å². The van der Waals surface area contributed by atoms with Crippen molar-refractivity contribution in [2.45, 2.75) is 25.1 Å². The van der Waals surface area contributed by atoms with Gasteiger partial charge in [-0.25, -0.2) is 4.39 Å². The number of carbonyl (C=O) groups excluding carboxylic acids is 2. The van der Waals surface area contributed by atoms with E-state index in [-0.39, 0.29) is 29.9 Å². The van der Waals surface area contributed by atoms with Gasteiger partial charge in [0.25, 0.3) is 5.91 Å². The molecule has 2 amide bonds. The zero-order chi connectivity index (χ0) is 23.1. The third-order valence-corrected chi connectivity index (χ3v) is 6.48. The van der Waals surface area contributed by atoms with Gasteiger partial charge in [-0.1, -0.05) is 29.8 Å². The maximum absolute atomic E-state index is 14.1. The minimum absolute atomic E-state index is 0.0257. The smallest absolute Gasteiger partial charge is 0.256 e. The molecule has 4 atom stereocenters. The van der Waals surface area contributed by atoms with E-state index >= 15 is 0 Å². The van der Waals surface area contributed by atoms with Crippen molar-refractivity contribution >= 4 is 23.4 Å². The molecule has 3 aromatic rings. The van der Waals surface area contributed by atoms with Gasteiger partial charge in [0.1, 0.15) is 11.9 Å². The molecule has 2 aromatic carbocycles. The number of likely N-dealkylation sites (tertiary alicyclic amines) is 1. The Hall–Kier alpha value is -3.37. The molecule has 1 aromatic heterocycles. The van der Waals surface area contributed by atoms with E-state index in [2.05, 4.69) is 25.9 Å². The number of aliphatic hydroxyl groups excluding tert-OH is 1. The topological polar surface area (TPSA) is 124 Å². The van der Waals surface area contributed by atoms with Crippen LogP contribution in [0.4, 0.5) is 4.39 Å². The molecule has 2 aliphatic rings. The first-order chi connectivity index (χ1) is 15.9. The van der Waals surface area contributed by atoms with E-state index in [0.29, 0.717) is 28.5 Å². The summed E-state index contributed by atoms with van der Waals surface area (Å²) in [5.41, 5.74) is 1.24. The van der Waals surface area contributed by atoms with Crippen LogP contribution >= 0.6 is 11.6 Å². The molecule has 170 valence electrons. The lowest BCUT2D eigenvalue weighted by molar-refractivity contribution is -0.146. The third-order valence-electron chi connectivity index (χ3n) is 6.24. The van der Waals surface area contributed by atoms with E-state index in [0.717, 1.165) is 6.42 Å². The summed E-state index contributed by atoms with van der Waals surface area (Å²) in [6, 6.07) is 9.98. The SMILES string of the molecule is O=C(NCc1cc(Cl)ccc1-c1nn[nH]n1)[C@@H]1[C@H]2C[C@H]2CN1C(=O)C(O)c1ccccc1F. The Bertz CT molecular complexity index is 1210. The number of benzene rings is 2. The van der Waals surface area contributed by atoms with Gasteiger partial charge in [-0.3, -0.25) is 9.59 Å². The van der Waals surface area contributed by atoms with Crippen LogP contribution in [-0.2, 0) is 16.1 Å². The van der Waals surface area contributed by atoms with Gasteiger partial charge in [-0.2, -0.15) is 5.21 Å². The molecule has 0 radical (unpaired) electrons. The average Bonchev–Trinajstić information content (AvgIpc) is 3.21. The Morgan fingerprint density at radius 1 is 1.30 bits per heavy atom. The largest absolute Gasteiger partial charge is 0.378 e. The number of amides is 2. The van der Waals surface area contributed by atoms with Crippen molar-refractivity contribution in [3.05, 3.63) is 64.4 Å². The molecule has 1 unspecified atom stereocenters. The lowest BCUT2D eigenvalue weighted by Crippen LogP contribution is -2.49. The summed E-state index contributed by atoms with van der Waals surface area (Å²) in [6.45, 7) is 0.493. The van der Waals surface area contributed by atoms with E-state index in [1.165, 1.54) is 23.1 Å². The fraction of sp³-hybridized carbons (Fsp3) is 0.318. The zero-order valence-electron chi connectivity index (χ0n) is 17.3. The minimum Gasteiger partial charge on any atom is -0.378 e. The van der Waals surface area contributed by atoms with Gasteiger partial charge >= 0.3 is 0 Å². The maximum Gasteiger partial charge on any atom is 0.256 e. The average molecular weight is 471 g/mol. The lowest BCUT2D eigenvalue weighted by Gasteiger charge is -2.29. The molecule has 0 bridgehead atoms. The first-order valence-electron chi connectivity index (χ1n) is 10.5. The van der Waals surface area contributed by atoms with Gasteiger partial charge in [-0.05, 0) is 53.3 Å². The summed E-state index contributed by atoms with van der Waals surface area (Å²) >= 11 is 6.13. The quantitative estimate of drug-likeness (QED) is 0.505. The molecule has 1 aliphatic carbocycles. The molecular formula is C22H20ClFN6O3. The van der Waals surface area contributed by atoms with Gasteiger partial charge in [0.2, 0.25) is 11.7 Å². The van der Waals surface area contributed by atoms with Crippen LogP contribution in [0.15, 0.2) is 42.5 Å². The third kappa shape index (κ3) is 4.07. The molecule has 2 heterocycles. The highest BCUT2D eigenvalue weighted by Crippen LogP contribution is 2.50. The number of aliphatic hydroxyl groups is 1. The Kier molecular flexibility index (Phi) is 5.55. The number of rotatable bonds is 6. The van der Waals surface area contributed by atoms with Gasteiger partial charge in [-0.15, -0.1) is 10.2 Å². The van der Waals surface area contributed by atoms with E-state index in [1.807, 2.05) is 0 Å². The second-order valence-electron chi connectivity index (χ2n) is 8.27. The first kappa shape index (κ1) is 21.5. The number of piperidine rings is 1. The van der Waals surface area contributed by atoms with E-state index < -0.39 is 23.9 Å². The lowest BCUT2D eigenvalue weighted by atomic mass is 10.1. The fourth-order valence-electron chi connectivity index (χ4n) is 4.50. The summed E-state index contributed by atoms with van der Waals surface area (Å²) in [7, 11) is 0. The summed E-state index contributed by atoms with van der Waals surface area (Å²) < 4.78 is 14.1. The Morgan fingerprint density at radius 2 is 2.12 bits per heavy atom. The Morgan fingerprint density at radius 3 is 2.88 bits per heavy atom. The van der Waals surface area contributed by atoms with Crippen LogP contribution in [0, 0.1) is 17.7 Å². The number of fused-ring (bicyclic) bond motifs is 1. The van der Waals surface area contributed by atoms with Crippen LogP contribution in [0.25, 0.3) is 11.4 Å². The van der Waals surface area contributed by atoms with Gasteiger partial charge in [0.15, 0.2) is 6.10 Å². The number of nitrogens with zero attached hydrogens (tertiary/aromatic N) is 4. The summed E-state index contributed by atoms with van der Waals surface area (Å²) in [5, 5.41) is 27.8. The van der Waals surface area contributed by atoms with Crippen LogP contribution in [0.5, 0.6) is 0 Å². The summed E-state index contributed by atoms with van der Waals surface area (Å²) in [4.78, 5) is 27.5. The van der Waals surface area contributed by atoms with E-state index in [9.17, 15) is 19.1 Å². The second-order valence-corrected chi connectivity index (χ2v) is 8.71. The number of hydrogen-bond donors (Lipinski definition) is 3. The minimum atomic E-state index is -1.67.